The summed E-state index contributed by atoms with van der Waals surface area (Å²) in [5, 5.41) is 0. The first-order valence-electron chi connectivity index (χ1n) is 10.6. The zero-order chi connectivity index (χ0) is 21.7. The summed E-state index contributed by atoms with van der Waals surface area (Å²) < 4.78 is 19.8. The fourth-order valence-corrected chi connectivity index (χ4v) is 3.56. The molecule has 0 amide bonds. The average Bonchev–Trinajstić information content (AvgIpc) is 2.73. The van der Waals surface area contributed by atoms with Gasteiger partial charge in [0.1, 0.15) is 17.4 Å². The fraction of sp³-hybridized carbons (Fsp3) is 0.346. The van der Waals surface area contributed by atoms with E-state index >= 15 is 0 Å². The van der Waals surface area contributed by atoms with Gasteiger partial charge in [0.25, 0.3) is 0 Å². The first kappa shape index (κ1) is 21.8. The maximum absolute atomic E-state index is 13.8. The van der Waals surface area contributed by atoms with Gasteiger partial charge in [-0.1, -0.05) is 45.0 Å². The molecule has 3 rings (SSSR count). The molecule has 0 saturated heterocycles. The Hall–Kier alpha value is -2.88. The predicted molar refractivity (Wildman–Crippen MR) is 122 cm³/mol. The van der Waals surface area contributed by atoms with Crippen LogP contribution < -0.4 is 10.5 Å². The lowest BCUT2D eigenvalue weighted by Crippen LogP contribution is -2.08. The van der Waals surface area contributed by atoms with E-state index in [0.29, 0.717) is 18.3 Å². The molecule has 3 nitrogen and oxygen atoms in total. The van der Waals surface area contributed by atoms with Crippen LogP contribution in [0.1, 0.15) is 49.8 Å². The third kappa shape index (κ3) is 5.18. The molecule has 1 aromatic heterocycles. The Balaban J connectivity index is 1.68. The van der Waals surface area contributed by atoms with Crippen molar-refractivity contribution in [2.75, 3.05) is 12.3 Å². The number of aromatic nitrogens is 1. The minimum absolute atomic E-state index is 0.217. The van der Waals surface area contributed by atoms with Crippen LogP contribution in [-0.2, 0) is 6.42 Å². The first-order chi connectivity index (χ1) is 14.4. The van der Waals surface area contributed by atoms with Crippen molar-refractivity contribution in [2.45, 2.75) is 46.5 Å². The van der Waals surface area contributed by atoms with E-state index in [-0.39, 0.29) is 11.7 Å². The Morgan fingerprint density at radius 3 is 2.57 bits per heavy atom. The topological polar surface area (TPSA) is 48.1 Å². The van der Waals surface area contributed by atoms with E-state index in [4.69, 9.17) is 10.5 Å². The van der Waals surface area contributed by atoms with Crippen LogP contribution in [-0.4, -0.2) is 11.6 Å². The maximum atomic E-state index is 13.8. The highest BCUT2D eigenvalue weighted by Crippen LogP contribution is 2.32. The van der Waals surface area contributed by atoms with Crippen molar-refractivity contribution in [1.82, 2.24) is 4.98 Å². The zero-order valence-electron chi connectivity index (χ0n) is 18.3. The molecular weight excluding hydrogens is 375 g/mol. The molecule has 0 radical (unpaired) electrons. The number of hydrogen-bond donors (Lipinski definition) is 1. The van der Waals surface area contributed by atoms with E-state index in [9.17, 15) is 4.39 Å². The van der Waals surface area contributed by atoms with Gasteiger partial charge < -0.3 is 10.5 Å². The number of ether oxygens (including phenoxy) is 1. The number of nitrogens with zero attached hydrogens (tertiary/aromatic N) is 1. The van der Waals surface area contributed by atoms with E-state index in [2.05, 4.69) is 50.0 Å². The number of nitrogen functional groups attached to an aromatic ring is 1. The summed E-state index contributed by atoms with van der Waals surface area (Å²) >= 11 is 0. The van der Waals surface area contributed by atoms with Gasteiger partial charge in [-0.2, -0.15) is 0 Å². The Kier molecular flexibility index (Phi) is 7.09. The quantitative estimate of drug-likeness (QED) is 0.432. The summed E-state index contributed by atoms with van der Waals surface area (Å²) in [7, 11) is 0. The second-order valence-corrected chi connectivity index (χ2v) is 8.25. The van der Waals surface area contributed by atoms with E-state index in [1.54, 1.807) is 12.1 Å². The average molecular weight is 407 g/mol. The molecule has 0 aliphatic rings. The highest BCUT2D eigenvalue weighted by molar-refractivity contribution is 5.68. The van der Waals surface area contributed by atoms with Gasteiger partial charge in [0.2, 0.25) is 0 Å². The summed E-state index contributed by atoms with van der Waals surface area (Å²) in [6.45, 7) is 8.96. The van der Waals surface area contributed by atoms with Gasteiger partial charge in [-0.15, -0.1) is 0 Å². The predicted octanol–water partition coefficient (Wildman–Crippen LogP) is 6.55. The molecule has 30 heavy (non-hydrogen) atoms. The number of benzene rings is 2. The Labute approximate surface area is 179 Å². The van der Waals surface area contributed by atoms with E-state index in [1.807, 2.05) is 19.2 Å². The Morgan fingerprint density at radius 1 is 1.07 bits per heavy atom. The van der Waals surface area contributed by atoms with Crippen molar-refractivity contribution in [3.8, 4) is 16.9 Å². The number of nitrogens with two attached hydrogens (primary N) is 1. The summed E-state index contributed by atoms with van der Waals surface area (Å²) in [5.41, 5.74) is 11.3. The SMILES string of the molecule is Cc1cc(-c2ccccc2CCCOc2ccc(F)cc2C(C)C(C)C)cnc1N. The molecule has 2 aromatic carbocycles. The van der Waals surface area contributed by atoms with Crippen LogP contribution in [0.5, 0.6) is 5.75 Å². The second kappa shape index (κ2) is 9.75. The van der Waals surface area contributed by atoms with Gasteiger partial charge in [-0.3, -0.25) is 0 Å². The normalized spacial score (nSPS) is 12.2. The molecule has 0 saturated carbocycles. The van der Waals surface area contributed by atoms with Crippen molar-refractivity contribution in [2.24, 2.45) is 5.92 Å². The largest absolute Gasteiger partial charge is 0.493 e. The third-order valence-corrected chi connectivity index (χ3v) is 5.76. The smallest absolute Gasteiger partial charge is 0.126 e. The van der Waals surface area contributed by atoms with E-state index < -0.39 is 0 Å². The Morgan fingerprint density at radius 2 is 1.83 bits per heavy atom. The lowest BCUT2D eigenvalue weighted by atomic mass is 9.89. The number of pyridine rings is 1. The monoisotopic (exact) mass is 406 g/mol. The Bertz CT molecular complexity index is 1000. The van der Waals surface area contributed by atoms with Gasteiger partial charge in [0, 0.05) is 17.3 Å². The van der Waals surface area contributed by atoms with Crippen LogP contribution in [0, 0.1) is 18.7 Å². The summed E-state index contributed by atoms with van der Waals surface area (Å²) in [4.78, 5) is 4.30. The summed E-state index contributed by atoms with van der Waals surface area (Å²) in [6, 6.07) is 15.3. The highest BCUT2D eigenvalue weighted by Gasteiger charge is 2.16. The van der Waals surface area contributed by atoms with Gasteiger partial charge in [-0.25, -0.2) is 9.37 Å². The minimum Gasteiger partial charge on any atom is -0.493 e. The molecule has 1 heterocycles. The molecule has 158 valence electrons. The van der Waals surface area contributed by atoms with Crippen LogP contribution in [0.3, 0.4) is 0 Å². The van der Waals surface area contributed by atoms with E-state index in [1.165, 1.54) is 17.2 Å². The van der Waals surface area contributed by atoms with Crippen LogP contribution in [0.2, 0.25) is 0 Å². The highest BCUT2D eigenvalue weighted by atomic mass is 19.1. The van der Waals surface area contributed by atoms with Crippen molar-refractivity contribution in [3.63, 3.8) is 0 Å². The summed E-state index contributed by atoms with van der Waals surface area (Å²) in [6.07, 6.45) is 3.58. The molecule has 1 unspecified atom stereocenters. The zero-order valence-corrected chi connectivity index (χ0v) is 18.3. The van der Waals surface area contributed by atoms with E-state index in [0.717, 1.165) is 35.3 Å². The lowest BCUT2D eigenvalue weighted by Gasteiger charge is -2.20. The van der Waals surface area contributed by atoms with Crippen LogP contribution in [0.15, 0.2) is 54.7 Å². The van der Waals surface area contributed by atoms with Crippen molar-refractivity contribution >= 4 is 5.82 Å². The molecule has 0 aliphatic heterocycles. The molecule has 0 bridgehead atoms. The maximum Gasteiger partial charge on any atom is 0.126 e. The molecule has 0 aliphatic carbocycles. The van der Waals surface area contributed by atoms with Gasteiger partial charge >= 0.3 is 0 Å². The molecule has 0 fully saturated rings. The molecular formula is C26H31FN2O. The van der Waals surface area contributed by atoms with Crippen molar-refractivity contribution in [3.05, 3.63) is 77.2 Å². The third-order valence-electron chi connectivity index (χ3n) is 5.76. The fourth-order valence-electron chi connectivity index (χ4n) is 3.56. The molecule has 3 aromatic rings. The van der Waals surface area contributed by atoms with Gasteiger partial charge in [0.05, 0.1) is 6.61 Å². The second-order valence-electron chi connectivity index (χ2n) is 8.25. The van der Waals surface area contributed by atoms with Crippen LogP contribution in [0.25, 0.3) is 11.1 Å². The molecule has 4 heteroatoms. The first-order valence-corrected chi connectivity index (χ1v) is 10.6. The molecule has 2 N–H and O–H groups in total. The summed E-state index contributed by atoms with van der Waals surface area (Å²) in [5.74, 6) is 1.78. The molecule has 1 atom stereocenters. The van der Waals surface area contributed by atoms with Crippen LogP contribution in [0.4, 0.5) is 10.2 Å². The lowest BCUT2D eigenvalue weighted by molar-refractivity contribution is 0.303. The standard InChI is InChI=1S/C26H31FN2O/c1-17(2)19(4)24-15-22(27)11-12-25(24)30-13-7-9-20-8-5-6-10-23(20)21-14-18(3)26(28)29-16-21/h5-6,8,10-12,14-17,19H,7,9,13H2,1-4H3,(H2,28,29). The van der Waals surface area contributed by atoms with Crippen molar-refractivity contribution < 1.29 is 9.13 Å². The number of rotatable bonds is 8. The van der Waals surface area contributed by atoms with Crippen molar-refractivity contribution in [1.29, 1.82) is 0 Å². The minimum atomic E-state index is -0.217. The number of aryl methyl sites for hydroxylation is 2. The van der Waals surface area contributed by atoms with Crippen LogP contribution >= 0.6 is 0 Å². The van der Waals surface area contributed by atoms with Gasteiger partial charge in [0.15, 0.2) is 0 Å². The number of halogens is 1. The van der Waals surface area contributed by atoms with Gasteiger partial charge in [-0.05, 0) is 72.6 Å². The number of hydrogen-bond acceptors (Lipinski definition) is 3. The number of anilines is 1. The molecule has 0 spiro atoms.